The number of anilines is 1. The second kappa shape index (κ2) is 5.90. The highest BCUT2D eigenvalue weighted by atomic mass is 16.3. The van der Waals surface area contributed by atoms with E-state index in [1.165, 1.54) is 5.69 Å². The minimum absolute atomic E-state index is 0.329. The molecular weight excluding hydrogens is 198 g/mol. The van der Waals surface area contributed by atoms with Gasteiger partial charge in [0.2, 0.25) is 0 Å². The second-order valence-electron chi connectivity index (χ2n) is 4.79. The van der Waals surface area contributed by atoms with Crippen molar-refractivity contribution in [1.82, 2.24) is 0 Å². The number of hydrogen-bond donors (Lipinski definition) is 1. The van der Waals surface area contributed by atoms with Crippen LogP contribution in [0.15, 0.2) is 24.3 Å². The molecule has 0 heterocycles. The lowest BCUT2D eigenvalue weighted by molar-refractivity contribution is 0.173. The molecule has 1 N–H and O–H groups in total. The summed E-state index contributed by atoms with van der Waals surface area (Å²) >= 11 is 0. The van der Waals surface area contributed by atoms with E-state index in [1.54, 1.807) is 0 Å². The van der Waals surface area contributed by atoms with Crippen LogP contribution in [0.4, 0.5) is 5.69 Å². The summed E-state index contributed by atoms with van der Waals surface area (Å²) in [5.41, 5.74) is 2.21. The Morgan fingerprint density at radius 2 is 1.75 bits per heavy atom. The number of nitrogens with zero attached hydrogens (tertiary/aromatic N) is 1. The summed E-state index contributed by atoms with van der Waals surface area (Å²) in [7, 11) is 2.10. The summed E-state index contributed by atoms with van der Waals surface area (Å²) in [4.78, 5) is 2.24. The van der Waals surface area contributed by atoms with Gasteiger partial charge in [0.05, 0.1) is 6.10 Å². The fourth-order valence-corrected chi connectivity index (χ4v) is 1.84. The van der Waals surface area contributed by atoms with E-state index in [2.05, 4.69) is 37.9 Å². The Morgan fingerprint density at radius 3 is 2.19 bits per heavy atom. The van der Waals surface area contributed by atoms with Crippen LogP contribution in [0.25, 0.3) is 0 Å². The molecule has 2 heteroatoms. The predicted molar refractivity (Wildman–Crippen MR) is 69.8 cm³/mol. The number of benzene rings is 1. The molecule has 0 aromatic heterocycles. The van der Waals surface area contributed by atoms with Crippen molar-refractivity contribution in [3.63, 3.8) is 0 Å². The molecule has 1 atom stereocenters. The molecule has 90 valence electrons. The zero-order chi connectivity index (χ0) is 12.1. The molecule has 1 rings (SSSR count). The normalized spacial score (nSPS) is 12.9. The van der Waals surface area contributed by atoms with E-state index in [1.807, 2.05) is 19.1 Å². The van der Waals surface area contributed by atoms with Gasteiger partial charge in [-0.05, 0) is 30.0 Å². The van der Waals surface area contributed by atoms with E-state index in [0.29, 0.717) is 5.92 Å². The summed E-state index contributed by atoms with van der Waals surface area (Å²) in [6.45, 7) is 7.47. The van der Waals surface area contributed by atoms with E-state index >= 15 is 0 Å². The summed E-state index contributed by atoms with van der Waals surface area (Å²) in [5.74, 6) is 0.658. The molecule has 0 aliphatic carbocycles. The molecule has 0 aliphatic heterocycles. The third-order valence-corrected chi connectivity index (χ3v) is 2.74. The Hall–Kier alpha value is -1.02. The van der Waals surface area contributed by atoms with Gasteiger partial charge in [-0.15, -0.1) is 0 Å². The molecule has 0 unspecified atom stereocenters. The van der Waals surface area contributed by atoms with E-state index in [4.69, 9.17) is 0 Å². The van der Waals surface area contributed by atoms with Crippen molar-refractivity contribution in [2.45, 2.75) is 33.3 Å². The van der Waals surface area contributed by atoms with Gasteiger partial charge in [-0.3, -0.25) is 0 Å². The Balaban J connectivity index is 2.70. The number of rotatable bonds is 5. The standard InChI is InChI=1S/C14H23NO/c1-5-14(16)12-6-8-13(9-7-12)15(4)10-11(2)3/h6-9,11,14,16H,5,10H2,1-4H3/t14-/m0/s1. The van der Waals surface area contributed by atoms with Crippen molar-refractivity contribution in [2.24, 2.45) is 5.92 Å². The minimum Gasteiger partial charge on any atom is -0.388 e. The zero-order valence-electron chi connectivity index (χ0n) is 10.8. The van der Waals surface area contributed by atoms with Gasteiger partial charge in [-0.1, -0.05) is 32.9 Å². The first kappa shape index (κ1) is 13.0. The lowest BCUT2D eigenvalue weighted by Gasteiger charge is -2.22. The topological polar surface area (TPSA) is 23.5 Å². The summed E-state index contributed by atoms with van der Waals surface area (Å²) in [6.07, 6.45) is 0.436. The van der Waals surface area contributed by atoms with Gasteiger partial charge >= 0.3 is 0 Å². The van der Waals surface area contributed by atoms with E-state index in [9.17, 15) is 5.11 Å². The maximum atomic E-state index is 9.69. The van der Waals surface area contributed by atoms with Gasteiger partial charge in [0.15, 0.2) is 0 Å². The third-order valence-electron chi connectivity index (χ3n) is 2.74. The summed E-state index contributed by atoms with van der Waals surface area (Å²) in [5, 5.41) is 9.69. The zero-order valence-corrected chi connectivity index (χ0v) is 10.8. The Labute approximate surface area is 98.9 Å². The number of aliphatic hydroxyl groups excluding tert-OH is 1. The largest absolute Gasteiger partial charge is 0.388 e. The second-order valence-corrected chi connectivity index (χ2v) is 4.79. The quantitative estimate of drug-likeness (QED) is 0.825. The van der Waals surface area contributed by atoms with Crippen molar-refractivity contribution in [2.75, 3.05) is 18.5 Å². The molecule has 0 spiro atoms. The molecule has 1 aromatic carbocycles. The Bertz CT molecular complexity index is 305. The van der Waals surface area contributed by atoms with Crippen molar-refractivity contribution < 1.29 is 5.11 Å². The molecule has 0 aliphatic rings. The molecule has 0 saturated heterocycles. The Morgan fingerprint density at radius 1 is 1.19 bits per heavy atom. The molecule has 1 aromatic rings. The summed E-state index contributed by atoms with van der Waals surface area (Å²) < 4.78 is 0. The van der Waals surface area contributed by atoms with Crippen LogP contribution in [-0.2, 0) is 0 Å². The van der Waals surface area contributed by atoms with Crippen molar-refractivity contribution in [3.8, 4) is 0 Å². The van der Waals surface area contributed by atoms with Crippen LogP contribution in [-0.4, -0.2) is 18.7 Å². The van der Waals surface area contributed by atoms with Crippen molar-refractivity contribution in [1.29, 1.82) is 0 Å². The fraction of sp³-hybridized carbons (Fsp3) is 0.571. The lowest BCUT2D eigenvalue weighted by Crippen LogP contribution is -2.22. The van der Waals surface area contributed by atoms with Gasteiger partial charge in [0.25, 0.3) is 0 Å². The first-order valence-corrected chi connectivity index (χ1v) is 6.03. The smallest absolute Gasteiger partial charge is 0.0787 e. The summed E-state index contributed by atoms with van der Waals surface area (Å²) in [6, 6.07) is 8.19. The number of hydrogen-bond acceptors (Lipinski definition) is 2. The predicted octanol–water partition coefficient (Wildman–Crippen LogP) is 3.22. The van der Waals surface area contributed by atoms with Crippen LogP contribution in [0.1, 0.15) is 38.9 Å². The molecule has 0 amide bonds. The highest BCUT2D eigenvalue weighted by Gasteiger charge is 2.06. The van der Waals surface area contributed by atoms with Crippen molar-refractivity contribution >= 4 is 5.69 Å². The van der Waals surface area contributed by atoms with Gasteiger partial charge in [-0.25, -0.2) is 0 Å². The average molecular weight is 221 g/mol. The highest BCUT2D eigenvalue weighted by Crippen LogP contribution is 2.20. The van der Waals surface area contributed by atoms with Crippen molar-refractivity contribution in [3.05, 3.63) is 29.8 Å². The highest BCUT2D eigenvalue weighted by molar-refractivity contribution is 5.47. The maximum Gasteiger partial charge on any atom is 0.0787 e. The van der Waals surface area contributed by atoms with E-state index < -0.39 is 0 Å². The van der Waals surface area contributed by atoms with Gasteiger partial charge < -0.3 is 10.0 Å². The molecule has 16 heavy (non-hydrogen) atoms. The van der Waals surface area contributed by atoms with Crippen LogP contribution >= 0.6 is 0 Å². The van der Waals surface area contributed by atoms with E-state index in [0.717, 1.165) is 18.5 Å². The molecule has 2 nitrogen and oxygen atoms in total. The molecule has 0 fully saturated rings. The van der Waals surface area contributed by atoms with Gasteiger partial charge in [0.1, 0.15) is 0 Å². The molecule has 0 radical (unpaired) electrons. The maximum absolute atomic E-state index is 9.69. The lowest BCUT2D eigenvalue weighted by atomic mass is 10.1. The van der Waals surface area contributed by atoms with Crippen LogP contribution in [0, 0.1) is 5.92 Å². The van der Waals surface area contributed by atoms with Gasteiger partial charge in [-0.2, -0.15) is 0 Å². The monoisotopic (exact) mass is 221 g/mol. The van der Waals surface area contributed by atoms with Crippen LogP contribution in [0.5, 0.6) is 0 Å². The average Bonchev–Trinajstić information content (AvgIpc) is 2.27. The van der Waals surface area contributed by atoms with Crippen LogP contribution in [0.2, 0.25) is 0 Å². The van der Waals surface area contributed by atoms with Gasteiger partial charge in [0, 0.05) is 19.3 Å². The van der Waals surface area contributed by atoms with E-state index in [-0.39, 0.29) is 6.10 Å². The fourth-order valence-electron chi connectivity index (χ4n) is 1.84. The first-order chi connectivity index (χ1) is 7.54. The minimum atomic E-state index is -0.329. The SMILES string of the molecule is CC[C@H](O)c1ccc(N(C)CC(C)C)cc1. The third kappa shape index (κ3) is 3.53. The van der Waals surface area contributed by atoms with Crippen LogP contribution in [0.3, 0.4) is 0 Å². The van der Waals surface area contributed by atoms with Crippen LogP contribution < -0.4 is 4.90 Å². The Kier molecular flexibility index (Phi) is 4.81. The molecule has 0 saturated carbocycles. The molecular formula is C14H23NO. The first-order valence-electron chi connectivity index (χ1n) is 6.03. The molecule has 0 bridgehead atoms. The number of aliphatic hydroxyl groups is 1.